The summed E-state index contributed by atoms with van der Waals surface area (Å²) < 4.78 is 36.1. The minimum absolute atomic E-state index is 0.0533. The Labute approximate surface area is 115 Å². The van der Waals surface area contributed by atoms with Crippen molar-refractivity contribution in [2.75, 3.05) is 26.2 Å². The van der Waals surface area contributed by atoms with E-state index >= 15 is 0 Å². The predicted octanol–water partition coefficient (Wildman–Crippen LogP) is 1.15. The lowest BCUT2D eigenvalue weighted by molar-refractivity contribution is -0.150. The fourth-order valence-electron chi connectivity index (χ4n) is 1.95. The van der Waals surface area contributed by atoms with Crippen molar-refractivity contribution >= 4 is 23.1 Å². The summed E-state index contributed by atoms with van der Waals surface area (Å²) in [5, 5.41) is 0. The van der Waals surface area contributed by atoms with E-state index in [-0.39, 0.29) is 6.04 Å². The number of hydrogen-bond acceptors (Lipinski definition) is 3. The highest BCUT2D eigenvalue weighted by Crippen LogP contribution is 2.22. The molecule has 4 nitrogen and oxygen atoms in total. The molecule has 0 spiro atoms. The summed E-state index contributed by atoms with van der Waals surface area (Å²) in [6.45, 7) is 3.88. The third kappa shape index (κ3) is 5.32. The van der Waals surface area contributed by atoms with Crippen molar-refractivity contribution in [2.24, 2.45) is 5.73 Å². The summed E-state index contributed by atoms with van der Waals surface area (Å²) >= 11 is 4.89. The van der Waals surface area contributed by atoms with E-state index in [1.807, 2.05) is 11.8 Å². The van der Waals surface area contributed by atoms with Gasteiger partial charge in [0.1, 0.15) is 0 Å². The first-order valence-electron chi connectivity index (χ1n) is 6.08. The number of hydrogen-bond donors (Lipinski definition) is 1. The first-order valence-corrected chi connectivity index (χ1v) is 6.49. The molecule has 8 heteroatoms. The van der Waals surface area contributed by atoms with Gasteiger partial charge in [-0.2, -0.15) is 13.2 Å². The van der Waals surface area contributed by atoms with Gasteiger partial charge in [-0.1, -0.05) is 12.2 Å². The van der Waals surface area contributed by atoms with E-state index in [1.165, 1.54) is 4.90 Å². The molecule has 1 aliphatic heterocycles. The largest absolute Gasteiger partial charge is 0.392 e. The molecule has 1 rings (SSSR count). The molecule has 0 aromatic rings. The average Bonchev–Trinajstić information content (AvgIpc) is 2.34. The van der Waals surface area contributed by atoms with E-state index in [9.17, 15) is 18.0 Å². The van der Waals surface area contributed by atoms with E-state index in [0.29, 0.717) is 31.2 Å². The maximum Gasteiger partial charge on any atom is 0.389 e. The molecular formula is C11H18F3N3OS. The number of thiocarbonyl (C=S) groups is 1. The highest BCUT2D eigenvalue weighted by Gasteiger charge is 2.30. The van der Waals surface area contributed by atoms with Gasteiger partial charge in [0, 0.05) is 32.6 Å². The number of alkyl halides is 3. The zero-order chi connectivity index (χ0) is 14.6. The highest BCUT2D eigenvalue weighted by molar-refractivity contribution is 7.80. The third-order valence-electron chi connectivity index (χ3n) is 3.25. The zero-order valence-electron chi connectivity index (χ0n) is 10.7. The standard InChI is InChI=1S/C11H18F3N3OS/c1-8(10(15)19)16-4-6-17(7-5-16)9(18)2-3-11(12,13)14/h8H,2-7H2,1H3,(H2,15,19). The number of amides is 1. The first-order chi connectivity index (χ1) is 8.70. The van der Waals surface area contributed by atoms with Gasteiger partial charge in [0.25, 0.3) is 0 Å². The molecule has 0 aromatic carbocycles. The Hall–Kier alpha value is -0.890. The van der Waals surface area contributed by atoms with Crippen LogP contribution in [0.15, 0.2) is 0 Å². The molecule has 0 radical (unpaired) electrons. The quantitative estimate of drug-likeness (QED) is 0.791. The Bertz CT molecular complexity index is 341. The molecule has 1 fully saturated rings. The third-order valence-corrected chi connectivity index (χ3v) is 3.59. The Morgan fingerprint density at radius 1 is 1.32 bits per heavy atom. The van der Waals surface area contributed by atoms with Crippen LogP contribution in [0.2, 0.25) is 0 Å². The van der Waals surface area contributed by atoms with Crippen LogP contribution in [-0.2, 0) is 4.79 Å². The van der Waals surface area contributed by atoms with Crippen LogP contribution in [-0.4, -0.2) is 59.1 Å². The molecule has 1 heterocycles. The number of halogens is 3. The molecule has 0 aromatic heterocycles. The number of carbonyl (C=O) groups excluding carboxylic acids is 1. The summed E-state index contributed by atoms with van der Waals surface area (Å²) in [4.78, 5) is 15.5. The minimum atomic E-state index is -4.28. The summed E-state index contributed by atoms with van der Waals surface area (Å²) in [5.41, 5.74) is 5.54. The van der Waals surface area contributed by atoms with Crippen molar-refractivity contribution in [1.29, 1.82) is 0 Å². The monoisotopic (exact) mass is 297 g/mol. The molecule has 110 valence electrons. The van der Waals surface area contributed by atoms with E-state index < -0.39 is 24.9 Å². The van der Waals surface area contributed by atoms with Gasteiger partial charge in [0.15, 0.2) is 0 Å². The van der Waals surface area contributed by atoms with Crippen LogP contribution >= 0.6 is 12.2 Å². The number of piperazine rings is 1. The molecule has 19 heavy (non-hydrogen) atoms. The van der Waals surface area contributed by atoms with Gasteiger partial charge in [-0.05, 0) is 6.92 Å². The van der Waals surface area contributed by atoms with E-state index in [0.717, 1.165) is 0 Å². The fourth-order valence-corrected chi connectivity index (χ4v) is 2.09. The number of rotatable bonds is 4. The van der Waals surface area contributed by atoms with Crippen LogP contribution in [0.5, 0.6) is 0 Å². The molecule has 1 atom stereocenters. The van der Waals surface area contributed by atoms with E-state index in [4.69, 9.17) is 18.0 Å². The smallest absolute Gasteiger partial charge is 0.389 e. The molecular weight excluding hydrogens is 279 g/mol. The summed E-state index contributed by atoms with van der Waals surface area (Å²) in [6.07, 6.45) is -5.82. The average molecular weight is 297 g/mol. The Morgan fingerprint density at radius 3 is 2.26 bits per heavy atom. The molecule has 1 unspecified atom stereocenters. The van der Waals surface area contributed by atoms with Gasteiger partial charge in [0.2, 0.25) is 5.91 Å². The SMILES string of the molecule is CC(C(N)=S)N1CCN(C(=O)CCC(F)(F)F)CC1. The van der Waals surface area contributed by atoms with Crippen LogP contribution in [0.4, 0.5) is 13.2 Å². The lowest BCUT2D eigenvalue weighted by atomic mass is 10.2. The molecule has 2 N–H and O–H groups in total. The second-order valence-electron chi connectivity index (χ2n) is 4.61. The van der Waals surface area contributed by atoms with Gasteiger partial charge in [-0.25, -0.2) is 0 Å². The lowest BCUT2D eigenvalue weighted by Gasteiger charge is -2.37. The molecule has 1 amide bonds. The second kappa shape index (κ2) is 6.51. The van der Waals surface area contributed by atoms with Gasteiger partial charge < -0.3 is 10.6 Å². The lowest BCUT2D eigenvalue weighted by Crippen LogP contribution is -2.54. The topological polar surface area (TPSA) is 49.6 Å². The van der Waals surface area contributed by atoms with Crippen molar-refractivity contribution in [3.05, 3.63) is 0 Å². The maximum atomic E-state index is 12.0. The summed E-state index contributed by atoms with van der Waals surface area (Å²) in [5.74, 6) is -0.444. The van der Waals surface area contributed by atoms with E-state index in [2.05, 4.69) is 0 Å². The summed E-state index contributed by atoms with van der Waals surface area (Å²) in [7, 11) is 0. The van der Waals surface area contributed by atoms with Crippen LogP contribution in [0, 0.1) is 0 Å². The molecule has 0 aliphatic carbocycles. The van der Waals surface area contributed by atoms with Crippen LogP contribution in [0.25, 0.3) is 0 Å². The molecule has 0 bridgehead atoms. The molecule has 1 saturated heterocycles. The molecule has 1 aliphatic rings. The van der Waals surface area contributed by atoms with Crippen molar-refractivity contribution in [1.82, 2.24) is 9.80 Å². The van der Waals surface area contributed by atoms with Gasteiger partial charge in [0.05, 0.1) is 17.5 Å². The second-order valence-corrected chi connectivity index (χ2v) is 5.08. The van der Waals surface area contributed by atoms with Crippen LogP contribution in [0.1, 0.15) is 19.8 Å². The number of carbonyl (C=O) groups is 1. The van der Waals surface area contributed by atoms with Gasteiger partial charge >= 0.3 is 6.18 Å². The highest BCUT2D eigenvalue weighted by atomic mass is 32.1. The van der Waals surface area contributed by atoms with Gasteiger partial charge in [-0.3, -0.25) is 9.69 Å². The van der Waals surface area contributed by atoms with Crippen LogP contribution < -0.4 is 5.73 Å². The molecule has 0 saturated carbocycles. The van der Waals surface area contributed by atoms with Gasteiger partial charge in [-0.15, -0.1) is 0 Å². The van der Waals surface area contributed by atoms with E-state index in [1.54, 1.807) is 0 Å². The van der Waals surface area contributed by atoms with Crippen LogP contribution in [0.3, 0.4) is 0 Å². The van der Waals surface area contributed by atoms with Crippen molar-refractivity contribution < 1.29 is 18.0 Å². The van der Waals surface area contributed by atoms with Crippen molar-refractivity contribution in [3.63, 3.8) is 0 Å². The Kier molecular flexibility index (Phi) is 5.54. The maximum absolute atomic E-state index is 12.0. The number of nitrogens with zero attached hydrogens (tertiary/aromatic N) is 2. The Morgan fingerprint density at radius 2 is 1.84 bits per heavy atom. The first kappa shape index (κ1) is 16.2. The summed E-state index contributed by atoms with van der Waals surface area (Å²) in [6, 6.07) is -0.0533. The predicted molar refractivity (Wildman–Crippen MR) is 69.7 cm³/mol. The fraction of sp³-hybridized carbons (Fsp3) is 0.818. The number of nitrogens with two attached hydrogens (primary N) is 1. The minimum Gasteiger partial charge on any atom is -0.392 e. The zero-order valence-corrected chi connectivity index (χ0v) is 11.6. The van der Waals surface area contributed by atoms with Crippen molar-refractivity contribution in [2.45, 2.75) is 32.0 Å². The Balaban J connectivity index is 2.37. The van der Waals surface area contributed by atoms with Crippen molar-refractivity contribution in [3.8, 4) is 0 Å². The normalized spacial score (nSPS) is 19.3.